The van der Waals surface area contributed by atoms with Crippen LogP contribution >= 0.6 is 11.8 Å². The largest absolute Gasteiger partial charge is 0.435 e. The van der Waals surface area contributed by atoms with E-state index in [1.807, 2.05) is 0 Å². The van der Waals surface area contributed by atoms with Crippen LogP contribution in [0, 0.1) is 5.82 Å². The average Bonchev–Trinajstić information content (AvgIpc) is 3.31. The third-order valence-electron chi connectivity index (χ3n) is 4.30. The molecule has 2 aromatic carbocycles. The van der Waals surface area contributed by atoms with Crippen molar-refractivity contribution < 1.29 is 17.6 Å². The van der Waals surface area contributed by atoms with Crippen molar-refractivity contribution in [2.24, 2.45) is 7.05 Å². The molecular weight excluding hydrogens is 418 g/mol. The van der Waals surface area contributed by atoms with Gasteiger partial charge in [0.2, 0.25) is 0 Å². The van der Waals surface area contributed by atoms with Gasteiger partial charge in [0, 0.05) is 24.7 Å². The zero-order valence-corrected chi connectivity index (χ0v) is 16.5. The van der Waals surface area contributed by atoms with Gasteiger partial charge in [0.1, 0.15) is 5.82 Å². The number of alkyl halides is 3. The molecule has 10 heteroatoms. The molecule has 5 nitrogen and oxygen atoms in total. The Kier molecular flexibility index (Phi) is 5.33. The smallest absolute Gasteiger partial charge is 0.274 e. The van der Waals surface area contributed by atoms with E-state index in [9.17, 15) is 17.6 Å². The molecule has 0 spiro atoms. The molecule has 0 saturated heterocycles. The van der Waals surface area contributed by atoms with Crippen molar-refractivity contribution in [3.8, 4) is 17.1 Å². The van der Waals surface area contributed by atoms with Crippen molar-refractivity contribution in [2.75, 3.05) is 0 Å². The Labute approximate surface area is 173 Å². The fourth-order valence-corrected chi connectivity index (χ4v) is 3.91. The molecular formula is C20H15F4N5S. The molecule has 0 aliphatic heterocycles. The van der Waals surface area contributed by atoms with Crippen LogP contribution < -0.4 is 0 Å². The van der Waals surface area contributed by atoms with Gasteiger partial charge in [-0.2, -0.15) is 18.3 Å². The van der Waals surface area contributed by atoms with Crippen molar-refractivity contribution in [2.45, 2.75) is 17.1 Å². The molecule has 154 valence electrons. The van der Waals surface area contributed by atoms with E-state index in [0.29, 0.717) is 16.4 Å². The summed E-state index contributed by atoms with van der Waals surface area (Å²) in [5.41, 5.74) is -0.172. The van der Waals surface area contributed by atoms with Crippen molar-refractivity contribution in [1.29, 1.82) is 0 Å². The summed E-state index contributed by atoms with van der Waals surface area (Å²) in [6.07, 6.45) is -3.39. The maximum Gasteiger partial charge on any atom is 0.435 e. The van der Waals surface area contributed by atoms with Gasteiger partial charge in [0.25, 0.3) is 0 Å². The van der Waals surface area contributed by atoms with E-state index in [4.69, 9.17) is 0 Å². The summed E-state index contributed by atoms with van der Waals surface area (Å²) in [5, 5.41) is 12.0. The average molecular weight is 433 g/mol. The SMILES string of the molecule is Cn1cc(-c2nnc(SCc3ccccc3F)n2-c2ccccc2)c(C(F)(F)F)n1. The molecule has 4 rings (SSSR count). The first-order valence-electron chi connectivity index (χ1n) is 8.83. The summed E-state index contributed by atoms with van der Waals surface area (Å²) < 4.78 is 57.2. The van der Waals surface area contributed by atoms with Gasteiger partial charge in [0.15, 0.2) is 16.7 Å². The van der Waals surface area contributed by atoms with Crippen LogP contribution in [0.2, 0.25) is 0 Å². The standard InChI is InChI=1S/C20H15F4N5S/c1-28-11-15(17(27-28)20(22,23)24)18-25-26-19(29(18)14-8-3-2-4-9-14)30-12-13-7-5-6-10-16(13)21/h2-11H,12H2,1H3. The lowest BCUT2D eigenvalue weighted by Gasteiger charge is -2.11. The molecule has 0 saturated carbocycles. The van der Waals surface area contributed by atoms with Crippen LogP contribution in [0.4, 0.5) is 17.6 Å². The predicted molar refractivity (Wildman–Crippen MR) is 105 cm³/mol. The summed E-state index contributed by atoms with van der Waals surface area (Å²) in [5.74, 6) is -0.100. The Morgan fingerprint density at radius 3 is 2.37 bits per heavy atom. The second kappa shape index (κ2) is 7.94. The molecule has 2 aromatic heterocycles. The summed E-state index contributed by atoms with van der Waals surface area (Å²) in [4.78, 5) is 0. The first kappa shape index (κ1) is 20.1. The van der Waals surface area contributed by atoms with Gasteiger partial charge in [0.05, 0.1) is 5.56 Å². The van der Waals surface area contributed by atoms with Crippen LogP contribution in [0.3, 0.4) is 0 Å². The lowest BCUT2D eigenvalue weighted by Crippen LogP contribution is -2.09. The number of aromatic nitrogens is 5. The summed E-state index contributed by atoms with van der Waals surface area (Å²) in [7, 11) is 1.41. The third-order valence-corrected chi connectivity index (χ3v) is 5.28. The molecule has 0 atom stereocenters. The van der Waals surface area contributed by atoms with Crippen molar-refractivity contribution in [3.05, 3.63) is 77.9 Å². The molecule has 0 aliphatic rings. The van der Waals surface area contributed by atoms with Crippen molar-refractivity contribution in [1.82, 2.24) is 24.5 Å². The van der Waals surface area contributed by atoms with Gasteiger partial charge in [-0.25, -0.2) is 4.39 Å². The minimum atomic E-state index is -4.65. The van der Waals surface area contributed by atoms with Gasteiger partial charge < -0.3 is 0 Å². The van der Waals surface area contributed by atoms with E-state index in [0.717, 1.165) is 4.68 Å². The van der Waals surface area contributed by atoms with Crippen LogP contribution in [0.25, 0.3) is 17.1 Å². The quantitative estimate of drug-likeness (QED) is 0.324. The van der Waals surface area contributed by atoms with E-state index in [1.165, 1.54) is 35.6 Å². The number of benzene rings is 2. The van der Waals surface area contributed by atoms with Crippen LogP contribution in [-0.4, -0.2) is 24.5 Å². The van der Waals surface area contributed by atoms with Crippen LogP contribution in [0.5, 0.6) is 0 Å². The summed E-state index contributed by atoms with van der Waals surface area (Å²) in [6, 6.07) is 15.1. The lowest BCUT2D eigenvalue weighted by molar-refractivity contribution is -0.141. The highest BCUT2D eigenvalue weighted by Gasteiger charge is 2.39. The lowest BCUT2D eigenvalue weighted by atomic mass is 10.2. The van der Waals surface area contributed by atoms with Crippen LogP contribution in [-0.2, 0) is 19.0 Å². The Morgan fingerprint density at radius 1 is 0.967 bits per heavy atom. The fourth-order valence-electron chi connectivity index (χ4n) is 2.97. The molecule has 30 heavy (non-hydrogen) atoms. The topological polar surface area (TPSA) is 48.5 Å². The predicted octanol–water partition coefficient (Wildman–Crippen LogP) is 5.12. The molecule has 0 unspecified atom stereocenters. The van der Waals surface area contributed by atoms with Gasteiger partial charge >= 0.3 is 6.18 Å². The number of para-hydroxylation sites is 1. The van der Waals surface area contributed by atoms with Crippen LogP contribution in [0.15, 0.2) is 66.0 Å². The monoisotopic (exact) mass is 433 g/mol. The third kappa shape index (κ3) is 3.95. The van der Waals surface area contributed by atoms with Crippen molar-refractivity contribution >= 4 is 11.8 Å². The van der Waals surface area contributed by atoms with E-state index >= 15 is 0 Å². The number of thioether (sulfide) groups is 1. The van der Waals surface area contributed by atoms with E-state index < -0.39 is 11.9 Å². The number of aryl methyl sites for hydroxylation is 1. The van der Waals surface area contributed by atoms with Crippen LogP contribution in [0.1, 0.15) is 11.3 Å². The maximum atomic E-state index is 14.0. The van der Waals surface area contributed by atoms with Gasteiger partial charge in [-0.05, 0) is 23.8 Å². The molecule has 0 N–H and O–H groups in total. The zero-order chi connectivity index (χ0) is 21.3. The van der Waals surface area contributed by atoms with Gasteiger partial charge in [-0.15, -0.1) is 10.2 Å². The second-order valence-corrected chi connectivity index (χ2v) is 7.36. The number of hydrogen-bond acceptors (Lipinski definition) is 4. The first-order chi connectivity index (χ1) is 14.3. The van der Waals surface area contributed by atoms with Gasteiger partial charge in [-0.1, -0.05) is 48.2 Å². The molecule has 0 amide bonds. The Bertz CT molecular complexity index is 1170. The molecule has 0 fully saturated rings. The Balaban J connectivity index is 1.81. The van der Waals surface area contributed by atoms with E-state index in [-0.39, 0.29) is 23.0 Å². The molecule has 0 bridgehead atoms. The highest BCUT2D eigenvalue weighted by molar-refractivity contribution is 7.98. The highest BCUT2D eigenvalue weighted by Crippen LogP contribution is 2.37. The second-order valence-electron chi connectivity index (χ2n) is 6.42. The van der Waals surface area contributed by atoms with E-state index in [2.05, 4.69) is 15.3 Å². The fraction of sp³-hybridized carbons (Fsp3) is 0.150. The minimum absolute atomic E-state index is 0.0117. The molecule has 0 aliphatic carbocycles. The zero-order valence-electron chi connectivity index (χ0n) is 15.6. The minimum Gasteiger partial charge on any atom is -0.274 e. The Hall–Kier alpha value is -3.14. The first-order valence-corrected chi connectivity index (χ1v) is 9.81. The molecule has 2 heterocycles. The number of nitrogens with zero attached hydrogens (tertiary/aromatic N) is 5. The van der Waals surface area contributed by atoms with E-state index in [1.54, 1.807) is 48.5 Å². The highest BCUT2D eigenvalue weighted by atomic mass is 32.2. The number of halogens is 4. The summed E-state index contributed by atoms with van der Waals surface area (Å²) >= 11 is 1.19. The number of rotatable bonds is 5. The van der Waals surface area contributed by atoms with Gasteiger partial charge in [-0.3, -0.25) is 9.25 Å². The summed E-state index contributed by atoms with van der Waals surface area (Å²) in [6.45, 7) is 0. The molecule has 4 aromatic rings. The number of hydrogen-bond donors (Lipinski definition) is 0. The maximum absolute atomic E-state index is 14.0. The van der Waals surface area contributed by atoms with Crippen molar-refractivity contribution in [3.63, 3.8) is 0 Å². The molecule has 0 radical (unpaired) electrons. The Morgan fingerprint density at radius 2 is 1.67 bits per heavy atom. The normalized spacial score (nSPS) is 11.8.